The number of aromatic nitrogens is 2. The van der Waals surface area contributed by atoms with E-state index in [2.05, 4.69) is 21.0 Å². The summed E-state index contributed by atoms with van der Waals surface area (Å²) in [4.78, 5) is 1.86. The normalized spacial score (nSPS) is 16.5. The molecule has 0 bridgehead atoms. The summed E-state index contributed by atoms with van der Waals surface area (Å²) in [7, 11) is 0. The van der Waals surface area contributed by atoms with E-state index >= 15 is 0 Å². The van der Waals surface area contributed by atoms with Crippen LogP contribution in [0.3, 0.4) is 0 Å². The number of hydrogen-bond acceptors (Lipinski definition) is 6. The molecular formula is C19H19F3N4O2. The Morgan fingerprint density at radius 2 is 1.89 bits per heavy atom. The summed E-state index contributed by atoms with van der Waals surface area (Å²) >= 11 is 0. The van der Waals surface area contributed by atoms with Gasteiger partial charge in [-0.15, -0.1) is 18.3 Å². The molecule has 3 rings (SSSR count). The van der Waals surface area contributed by atoms with Crippen molar-refractivity contribution in [3.05, 3.63) is 46.6 Å². The zero-order chi connectivity index (χ0) is 20.5. The van der Waals surface area contributed by atoms with E-state index in [4.69, 9.17) is 0 Å². The summed E-state index contributed by atoms with van der Waals surface area (Å²) in [5.41, 5.74) is 0.946. The van der Waals surface area contributed by atoms with Crippen molar-refractivity contribution in [3.8, 4) is 11.8 Å². The number of halogens is 3. The van der Waals surface area contributed by atoms with Gasteiger partial charge < -0.3 is 14.7 Å². The van der Waals surface area contributed by atoms with Crippen LogP contribution in [0.4, 0.5) is 19.0 Å². The smallest absolute Gasteiger partial charge is 0.406 e. The van der Waals surface area contributed by atoms with E-state index in [1.54, 1.807) is 19.9 Å². The molecule has 1 N–H and O–H groups in total. The lowest BCUT2D eigenvalue weighted by Gasteiger charge is -2.39. The van der Waals surface area contributed by atoms with Crippen LogP contribution < -0.4 is 9.64 Å². The molecule has 148 valence electrons. The van der Waals surface area contributed by atoms with E-state index in [0.717, 1.165) is 5.56 Å². The van der Waals surface area contributed by atoms with E-state index in [-0.39, 0.29) is 18.6 Å². The molecule has 0 spiro atoms. The number of benzene rings is 1. The predicted octanol–water partition coefficient (Wildman–Crippen LogP) is 3.35. The Morgan fingerprint density at radius 1 is 1.21 bits per heavy atom. The van der Waals surface area contributed by atoms with Crippen LogP contribution in [0.15, 0.2) is 24.3 Å². The maximum Gasteiger partial charge on any atom is 0.573 e. The van der Waals surface area contributed by atoms with Crippen LogP contribution in [-0.2, 0) is 5.60 Å². The molecule has 2 heterocycles. The number of aryl methyl sites for hydroxylation is 1. The van der Waals surface area contributed by atoms with Gasteiger partial charge in [-0.1, -0.05) is 12.1 Å². The van der Waals surface area contributed by atoms with Crippen molar-refractivity contribution in [3.63, 3.8) is 0 Å². The minimum Gasteiger partial charge on any atom is -0.406 e. The Labute approximate surface area is 160 Å². The van der Waals surface area contributed by atoms with Gasteiger partial charge in [0.2, 0.25) is 0 Å². The Hall–Kier alpha value is -2.86. The van der Waals surface area contributed by atoms with Crippen LogP contribution in [0, 0.1) is 25.2 Å². The SMILES string of the molecule is Cc1nnc(N2CCC(O)(c3cccc(OC(F)(F)F)c3)CC2)c(C#N)c1C. The highest BCUT2D eigenvalue weighted by Gasteiger charge is 2.37. The number of aliphatic hydroxyl groups is 1. The van der Waals surface area contributed by atoms with Gasteiger partial charge in [0.15, 0.2) is 5.82 Å². The van der Waals surface area contributed by atoms with Gasteiger partial charge in [-0.25, -0.2) is 0 Å². The molecule has 0 radical (unpaired) electrons. The number of hydrogen-bond donors (Lipinski definition) is 1. The van der Waals surface area contributed by atoms with Gasteiger partial charge in [0.05, 0.1) is 11.3 Å². The number of rotatable bonds is 3. The number of ether oxygens (including phenoxy) is 1. The highest BCUT2D eigenvalue weighted by atomic mass is 19.4. The molecule has 0 unspecified atom stereocenters. The van der Waals surface area contributed by atoms with Gasteiger partial charge in [0, 0.05) is 13.1 Å². The van der Waals surface area contributed by atoms with Crippen LogP contribution in [0.5, 0.6) is 5.75 Å². The number of anilines is 1. The first-order chi connectivity index (χ1) is 13.1. The summed E-state index contributed by atoms with van der Waals surface area (Å²) < 4.78 is 41.3. The average Bonchev–Trinajstić information content (AvgIpc) is 2.63. The third kappa shape index (κ3) is 4.02. The summed E-state index contributed by atoms with van der Waals surface area (Å²) in [6.45, 7) is 4.34. The summed E-state index contributed by atoms with van der Waals surface area (Å²) in [5.74, 6) is 0.0921. The highest BCUT2D eigenvalue weighted by Crippen LogP contribution is 2.37. The number of alkyl halides is 3. The molecular weight excluding hydrogens is 373 g/mol. The molecule has 0 atom stereocenters. The third-order valence-electron chi connectivity index (χ3n) is 5.04. The van der Waals surface area contributed by atoms with E-state index in [1.807, 2.05) is 4.90 Å². The topological polar surface area (TPSA) is 82.3 Å². The standard InChI is InChI=1S/C19H19F3N4O2/c1-12-13(2)24-25-17(16(12)11-23)26-8-6-18(27,7-9-26)14-4-3-5-15(10-14)28-19(20,21)22/h3-5,10,27H,6-9H2,1-2H3. The van der Waals surface area contributed by atoms with Crippen molar-refractivity contribution in [2.45, 2.75) is 38.7 Å². The van der Waals surface area contributed by atoms with Crippen LogP contribution in [0.2, 0.25) is 0 Å². The lowest BCUT2D eigenvalue weighted by Crippen LogP contribution is -2.43. The monoisotopic (exact) mass is 392 g/mol. The van der Waals surface area contributed by atoms with Gasteiger partial charge in [-0.3, -0.25) is 0 Å². The van der Waals surface area contributed by atoms with Gasteiger partial charge in [-0.2, -0.15) is 10.4 Å². The average molecular weight is 392 g/mol. The van der Waals surface area contributed by atoms with Crippen molar-refractivity contribution in [2.75, 3.05) is 18.0 Å². The van der Waals surface area contributed by atoms with E-state index in [1.165, 1.54) is 18.2 Å². The quantitative estimate of drug-likeness (QED) is 0.863. The van der Waals surface area contributed by atoms with E-state index in [9.17, 15) is 23.5 Å². The fourth-order valence-electron chi connectivity index (χ4n) is 3.31. The molecule has 1 aromatic heterocycles. The van der Waals surface area contributed by atoms with Crippen LogP contribution in [0.25, 0.3) is 0 Å². The summed E-state index contributed by atoms with van der Waals surface area (Å²) in [5, 5.41) is 28.7. The van der Waals surface area contributed by atoms with E-state index < -0.39 is 12.0 Å². The molecule has 0 saturated carbocycles. The minimum absolute atomic E-state index is 0.266. The lowest BCUT2D eigenvalue weighted by molar-refractivity contribution is -0.274. The predicted molar refractivity (Wildman–Crippen MR) is 94.7 cm³/mol. The van der Waals surface area contributed by atoms with Crippen LogP contribution >= 0.6 is 0 Å². The molecule has 0 aliphatic carbocycles. The van der Waals surface area contributed by atoms with Crippen LogP contribution in [0.1, 0.15) is 35.2 Å². The molecule has 1 fully saturated rings. The Balaban J connectivity index is 1.79. The molecule has 1 saturated heterocycles. The maximum absolute atomic E-state index is 12.5. The maximum atomic E-state index is 12.5. The highest BCUT2D eigenvalue weighted by molar-refractivity contribution is 5.58. The van der Waals surface area contributed by atoms with E-state index in [0.29, 0.717) is 35.7 Å². The molecule has 1 aliphatic rings. The zero-order valence-electron chi connectivity index (χ0n) is 15.4. The summed E-state index contributed by atoms with van der Waals surface area (Å²) in [6, 6.07) is 7.55. The number of nitriles is 1. The first-order valence-electron chi connectivity index (χ1n) is 8.70. The molecule has 1 aliphatic heterocycles. The first-order valence-corrected chi connectivity index (χ1v) is 8.70. The molecule has 6 nitrogen and oxygen atoms in total. The minimum atomic E-state index is -4.79. The number of nitrogens with zero attached hydrogens (tertiary/aromatic N) is 4. The second-order valence-electron chi connectivity index (χ2n) is 6.82. The van der Waals surface area contributed by atoms with Crippen molar-refractivity contribution in [1.29, 1.82) is 5.26 Å². The van der Waals surface area contributed by atoms with Gasteiger partial charge in [-0.05, 0) is 49.9 Å². The Bertz CT molecular complexity index is 916. The first kappa shape index (κ1) is 19.9. The van der Waals surface area contributed by atoms with Gasteiger partial charge in [0.25, 0.3) is 0 Å². The van der Waals surface area contributed by atoms with Crippen molar-refractivity contribution >= 4 is 5.82 Å². The molecule has 0 amide bonds. The molecule has 2 aromatic rings. The van der Waals surface area contributed by atoms with Gasteiger partial charge in [0.1, 0.15) is 17.4 Å². The van der Waals surface area contributed by atoms with Crippen LogP contribution in [-0.4, -0.2) is 34.8 Å². The fourth-order valence-corrected chi connectivity index (χ4v) is 3.31. The van der Waals surface area contributed by atoms with Crippen molar-refractivity contribution in [2.24, 2.45) is 0 Å². The van der Waals surface area contributed by atoms with Gasteiger partial charge >= 0.3 is 6.36 Å². The third-order valence-corrected chi connectivity index (χ3v) is 5.04. The second kappa shape index (κ2) is 7.28. The van der Waals surface area contributed by atoms with Crippen molar-refractivity contribution in [1.82, 2.24) is 10.2 Å². The zero-order valence-corrected chi connectivity index (χ0v) is 15.4. The Kier molecular flexibility index (Phi) is 5.17. The fraction of sp³-hybridized carbons (Fsp3) is 0.421. The largest absolute Gasteiger partial charge is 0.573 e. The summed E-state index contributed by atoms with van der Waals surface area (Å²) in [6.07, 6.45) is -4.26. The number of piperidine rings is 1. The molecule has 28 heavy (non-hydrogen) atoms. The lowest BCUT2D eigenvalue weighted by atomic mass is 9.84. The second-order valence-corrected chi connectivity index (χ2v) is 6.82. The molecule has 1 aromatic carbocycles. The molecule has 9 heteroatoms. The Morgan fingerprint density at radius 3 is 2.50 bits per heavy atom. The van der Waals surface area contributed by atoms with Crippen molar-refractivity contribution < 1.29 is 23.0 Å².